The number of benzene rings is 1. The number of unbranched alkanes of at least 4 members (excludes halogenated alkanes) is 1. The maximum atomic E-state index is 12.4. The Morgan fingerprint density at radius 3 is 2.88 bits per heavy atom. The van der Waals surface area contributed by atoms with Crippen molar-refractivity contribution in [3.63, 3.8) is 0 Å². The minimum absolute atomic E-state index is 0.269. The lowest BCUT2D eigenvalue weighted by Gasteiger charge is -2.21. The van der Waals surface area contributed by atoms with Crippen molar-refractivity contribution in [2.45, 2.75) is 39.2 Å². The summed E-state index contributed by atoms with van der Waals surface area (Å²) in [6.45, 7) is 4.89. The van der Waals surface area contributed by atoms with Crippen molar-refractivity contribution in [2.75, 3.05) is 16.3 Å². The van der Waals surface area contributed by atoms with Crippen LogP contribution < -0.4 is 5.32 Å². The summed E-state index contributed by atoms with van der Waals surface area (Å²) in [5, 5.41) is 13.0. The van der Waals surface area contributed by atoms with Crippen LogP contribution in [-0.4, -0.2) is 39.7 Å². The van der Waals surface area contributed by atoms with Crippen LogP contribution in [0, 0.1) is 6.92 Å². The molecule has 2 aliphatic rings. The van der Waals surface area contributed by atoms with Crippen LogP contribution in [0.3, 0.4) is 0 Å². The van der Waals surface area contributed by atoms with Gasteiger partial charge in [-0.1, -0.05) is 40.8 Å². The third-order valence-corrected chi connectivity index (χ3v) is 4.99. The van der Waals surface area contributed by atoms with E-state index in [0.29, 0.717) is 12.4 Å². The zero-order valence-electron chi connectivity index (χ0n) is 14.4. The number of alkyl halides is 1. The van der Waals surface area contributed by atoms with Gasteiger partial charge in [0.25, 0.3) is 5.91 Å². The van der Waals surface area contributed by atoms with Crippen molar-refractivity contribution in [3.05, 3.63) is 29.3 Å². The summed E-state index contributed by atoms with van der Waals surface area (Å²) in [6.07, 6.45) is 3.00. The van der Waals surface area contributed by atoms with Gasteiger partial charge in [0, 0.05) is 12.2 Å². The van der Waals surface area contributed by atoms with Gasteiger partial charge in [-0.25, -0.2) is 0 Å². The molecule has 0 aliphatic carbocycles. The molecule has 1 unspecified atom stereocenters. The summed E-state index contributed by atoms with van der Waals surface area (Å²) < 4.78 is 1.09. The Hall–Kier alpha value is -1.84. The number of fused-ring (bicyclic) bond motifs is 1. The van der Waals surface area contributed by atoms with Crippen LogP contribution in [0.1, 0.15) is 30.9 Å². The molecule has 0 saturated heterocycles. The first kappa shape index (κ1) is 18.0. The number of hydrogen-bond donors (Lipinski definition) is 1. The predicted octanol–water partition coefficient (Wildman–Crippen LogP) is 3.53. The van der Waals surface area contributed by atoms with Gasteiger partial charge in [0.2, 0.25) is 5.96 Å². The summed E-state index contributed by atoms with van der Waals surface area (Å²) >= 11 is 2.34. The molecule has 7 nitrogen and oxygen atoms in total. The van der Waals surface area contributed by atoms with E-state index < -0.39 is 6.04 Å². The van der Waals surface area contributed by atoms with Crippen LogP contribution in [0.2, 0.25) is 0 Å². The van der Waals surface area contributed by atoms with Crippen LogP contribution in [0.4, 0.5) is 5.69 Å². The average molecular weight is 452 g/mol. The van der Waals surface area contributed by atoms with E-state index in [4.69, 9.17) is 0 Å². The molecule has 1 N–H and O–H groups in total. The molecule has 0 radical (unpaired) electrons. The zero-order valence-corrected chi connectivity index (χ0v) is 16.5. The smallest absolute Gasteiger partial charge is 0.281 e. The third kappa shape index (κ3) is 4.05. The Kier molecular flexibility index (Phi) is 5.77. The average Bonchev–Trinajstić information content (AvgIpc) is 3.00. The number of nitrogens with one attached hydrogen (secondary N) is 1. The number of nitrogens with zero attached hydrogens (tertiary/aromatic N) is 5. The lowest BCUT2D eigenvalue weighted by Crippen LogP contribution is -2.42. The van der Waals surface area contributed by atoms with Crippen molar-refractivity contribution in [1.29, 1.82) is 0 Å². The van der Waals surface area contributed by atoms with Crippen LogP contribution in [0.25, 0.3) is 0 Å². The highest BCUT2D eigenvalue weighted by Crippen LogP contribution is 2.21. The Morgan fingerprint density at radius 2 is 2.12 bits per heavy atom. The molecule has 25 heavy (non-hydrogen) atoms. The Balaban J connectivity index is 1.71. The minimum atomic E-state index is -0.566. The number of guanidine groups is 1. The molecule has 1 aromatic carbocycles. The van der Waals surface area contributed by atoms with Gasteiger partial charge in [0.15, 0.2) is 11.9 Å². The first-order valence-electron chi connectivity index (χ1n) is 8.44. The SMILES string of the molecule is CCc1cc(NC2=NC(=O)C3C(=N2)N=NN3CCCCI)ccc1C. The van der Waals surface area contributed by atoms with E-state index in [-0.39, 0.29) is 11.9 Å². The summed E-state index contributed by atoms with van der Waals surface area (Å²) in [5.41, 5.74) is 3.36. The minimum Gasteiger partial charge on any atom is -0.324 e. The van der Waals surface area contributed by atoms with Crippen LogP contribution in [0.15, 0.2) is 38.5 Å². The molecular formula is C17H21IN6O. The van der Waals surface area contributed by atoms with Crippen molar-refractivity contribution >= 4 is 46.0 Å². The fraction of sp³-hybridized carbons (Fsp3) is 0.471. The molecule has 132 valence electrons. The molecule has 2 aliphatic heterocycles. The van der Waals surface area contributed by atoms with Crippen LogP contribution >= 0.6 is 22.6 Å². The maximum absolute atomic E-state index is 12.4. The normalized spacial score (nSPS) is 18.9. The van der Waals surface area contributed by atoms with Crippen molar-refractivity contribution in [1.82, 2.24) is 5.01 Å². The molecule has 3 rings (SSSR count). The molecule has 0 aromatic heterocycles. The number of halogens is 1. The lowest BCUT2D eigenvalue weighted by molar-refractivity contribution is -0.120. The van der Waals surface area contributed by atoms with Gasteiger partial charge in [-0.3, -0.25) is 9.80 Å². The molecule has 0 fully saturated rings. The van der Waals surface area contributed by atoms with Crippen molar-refractivity contribution in [2.24, 2.45) is 20.3 Å². The van der Waals surface area contributed by atoms with Crippen molar-refractivity contribution < 1.29 is 4.79 Å². The fourth-order valence-electron chi connectivity index (χ4n) is 2.82. The van der Waals surface area contributed by atoms with E-state index in [1.807, 2.05) is 12.1 Å². The second-order valence-corrected chi connectivity index (χ2v) is 7.09. The van der Waals surface area contributed by atoms with Gasteiger partial charge in [-0.2, -0.15) is 9.98 Å². The second kappa shape index (κ2) is 8.03. The summed E-state index contributed by atoms with van der Waals surface area (Å²) in [4.78, 5) is 20.9. The Bertz CT molecular complexity index is 758. The number of anilines is 1. The van der Waals surface area contributed by atoms with E-state index in [0.717, 1.165) is 29.4 Å². The molecule has 1 amide bonds. The van der Waals surface area contributed by atoms with Gasteiger partial charge >= 0.3 is 0 Å². The predicted molar refractivity (Wildman–Crippen MR) is 108 cm³/mol. The standard InChI is InChI=1S/C17H21IN6O/c1-3-12-10-13(7-6-11(12)2)19-17-20-15-14(16(25)21-17)24(23-22-15)9-5-4-8-18/h6-7,10,14H,3-5,8-9H2,1-2H3,(H,19,21,25). The first-order valence-corrected chi connectivity index (χ1v) is 9.97. The second-order valence-electron chi connectivity index (χ2n) is 6.01. The number of carbonyl (C=O) groups is 1. The number of amidine groups is 1. The largest absolute Gasteiger partial charge is 0.324 e. The fourth-order valence-corrected chi connectivity index (χ4v) is 3.36. The Labute approximate surface area is 160 Å². The number of rotatable bonds is 6. The van der Waals surface area contributed by atoms with E-state index in [9.17, 15) is 4.79 Å². The number of aliphatic imine (C=N–C) groups is 2. The van der Waals surface area contributed by atoms with E-state index in [1.165, 1.54) is 11.1 Å². The highest BCUT2D eigenvalue weighted by atomic mass is 127. The quantitative estimate of drug-likeness (QED) is 0.408. The molecular weight excluding hydrogens is 431 g/mol. The topological polar surface area (TPSA) is 81.8 Å². The maximum Gasteiger partial charge on any atom is 0.281 e. The zero-order chi connectivity index (χ0) is 17.8. The molecule has 1 atom stereocenters. The van der Waals surface area contributed by atoms with E-state index in [2.05, 4.69) is 68.1 Å². The van der Waals surface area contributed by atoms with Crippen LogP contribution in [-0.2, 0) is 11.2 Å². The van der Waals surface area contributed by atoms with Gasteiger partial charge in [0.05, 0.1) is 0 Å². The number of amides is 1. The van der Waals surface area contributed by atoms with E-state index in [1.54, 1.807) is 5.01 Å². The molecule has 0 saturated carbocycles. The summed E-state index contributed by atoms with van der Waals surface area (Å²) in [5.74, 6) is 0.421. The van der Waals surface area contributed by atoms with Gasteiger partial charge in [-0.15, -0.1) is 5.11 Å². The summed E-state index contributed by atoms with van der Waals surface area (Å²) in [6, 6.07) is 5.50. The monoisotopic (exact) mass is 452 g/mol. The number of hydrogen-bond acceptors (Lipinski definition) is 6. The highest BCUT2D eigenvalue weighted by Gasteiger charge is 2.38. The molecule has 0 bridgehead atoms. The highest BCUT2D eigenvalue weighted by molar-refractivity contribution is 14.1. The number of carbonyl (C=O) groups excluding carboxylic acids is 1. The molecule has 0 spiro atoms. The lowest BCUT2D eigenvalue weighted by atomic mass is 10.1. The summed E-state index contributed by atoms with van der Waals surface area (Å²) in [7, 11) is 0. The van der Waals surface area contributed by atoms with Gasteiger partial charge in [-0.05, 0) is 53.9 Å². The molecule has 2 heterocycles. The Morgan fingerprint density at radius 1 is 1.28 bits per heavy atom. The number of aryl methyl sites for hydroxylation is 2. The van der Waals surface area contributed by atoms with E-state index >= 15 is 0 Å². The third-order valence-electron chi connectivity index (χ3n) is 4.23. The molecule has 8 heteroatoms. The van der Waals surface area contributed by atoms with Gasteiger partial charge in [0.1, 0.15) is 0 Å². The van der Waals surface area contributed by atoms with Gasteiger partial charge < -0.3 is 5.32 Å². The van der Waals surface area contributed by atoms with Crippen molar-refractivity contribution in [3.8, 4) is 0 Å². The van der Waals surface area contributed by atoms with Crippen LogP contribution in [0.5, 0.6) is 0 Å². The molecule has 1 aromatic rings. The first-order chi connectivity index (χ1) is 12.1.